The molecule has 1 aliphatic heterocycles. The topological polar surface area (TPSA) is 136 Å². The molecule has 2 aromatic rings. The van der Waals surface area contributed by atoms with Crippen molar-refractivity contribution in [1.82, 2.24) is 19.2 Å². The molecule has 1 saturated heterocycles. The van der Waals surface area contributed by atoms with Crippen LogP contribution in [-0.4, -0.2) is 107 Å². The van der Waals surface area contributed by atoms with E-state index in [4.69, 9.17) is 18.9 Å². The molecule has 1 heterocycles. The molecule has 1 fully saturated rings. The van der Waals surface area contributed by atoms with Gasteiger partial charge < -0.3 is 18.9 Å². The molecule has 14 heteroatoms. The van der Waals surface area contributed by atoms with E-state index in [1.165, 1.54) is 52.7 Å². The highest BCUT2D eigenvalue weighted by molar-refractivity contribution is 7.89. The first-order valence-electron chi connectivity index (χ1n) is 12.0. The number of ether oxygens (including phenoxy) is 4. The van der Waals surface area contributed by atoms with E-state index in [2.05, 4.69) is 19.2 Å². The molecular weight excluding hydrogens is 536 g/mol. The van der Waals surface area contributed by atoms with Gasteiger partial charge in [0.25, 0.3) is 0 Å². The summed E-state index contributed by atoms with van der Waals surface area (Å²) in [5.41, 5.74) is 0. The highest BCUT2D eigenvalue weighted by atomic mass is 32.2. The zero-order valence-corrected chi connectivity index (χ0v) is 23.7. The molecule has 0 bridgehead atoms. The maximum atomic E-state index is 12.7. The lowest BCUT2D eigenvalue weighted by atomic mass is 10.3. The van der Waals surface area contributed by atoms with E-state index in [1.807, 2.05) is 0 Å². The number of hydrogen-bond acceptors (Lipinski definition) is 10. The van der Waals surface area contributed by atoms with Gasteiger partial charge in [-0.1, -0.05) is 0 Å². The molecule has 38 heavy (non-hydrogen) atoms. The second-order valence-corrected chi connectivity index (χ2v) is 12.0. The Kier molecular flexibility index (Phi) is 10.6. The van der Waals surface area contributed by atoms with Crippen molar-refractivity contribution in [2.24, 2.45) is 0 Å². The largest absolute Gasteiger partial charge is 0.493 e. The van der Waals surface area contributed by atoms with E-state index in [1.54, 1.807) is 12.1 Å². The van der Waals surface area contributed by atoms with Crippen LogP contribution in [0.4, 0.5) is 0 Å². The second-order valence-electron chi connectivity index (χ2n) is 8.51. The zero-order valence-electron chi connectivity index (χ0n) is 22.1. The highest BCUT2D eigenvalue weighted by Crippen LogP contribution is 2.30. The summed E-state index contributed by atoms with van der Waals surface area (Å²) in [4.78, 5) is 4.55. The number of nitrogens with one attached hydrogen (secondary N) is 2. The van der Waals surface area contributed by atoms with Gasteiger partial charge in [0.15, 0.2) is 23.0 Å². The number of rotatable bonds is 14. The molecule has 0 radical (unpaired) electrons. The molecule has 12 nitrogen and oxygen atoms in total. The molecule has 0 amide bonds. The summed E-state index contributed by atoms with van der Waals surface area (Å²) < 4.78 is 76.6. The Hall–Kier alpha value is -2.62. The third-order valence-electron chi connectivity index (χ3n) is 6.24. The molecular formula is C24H36N4O8S2. The van der Waals surface area contributed by atoms with E-state index < -0.39 is 20.0 Å². The quantitative estimate of drug-likeness (QED) is 0.331. The molecule has 0 saturated carbocycles. The fraction of sp³-hybridized carbons (Fsp3) is 0.500. The summed E-state index contributed by atoms with van der Waals surface area (Å²) >= 11 is 0. The monoisotopic (exact) mass is 572 g/mol. The maximum Gasteiger partial charge on any atom is 0.240 e. The van der Waals surface area contributed by atoms with Crippen LogP contribution < -0.4 is 28.4 Å². The smallest absolute Gasteiger partial charge is 0.240 e. The van der Waals surface area contributed by atoms with Crippen LogP contribution in [0.5, 0.6) is 23.0 Å². The van der Waals surface area contributed by atoms with Gasteiger partial charge in [0.1, 0.15) is 0 Å². The normalized spacial score (nSPS) is 15.3. The predicted molar refractivity (Wildman–Crippen MR) is 142 cm³/mol. The summed E-state index contributed by atoms with van der Waals surface area (Å²) in [6.07, 6.45) is 0. The van der Waals surface area contributed by atoms with Crippen LogP contribution >= 0.6 is 0 Å². The van der Waals surface area contributed by atoms with Gasteiger partial charge in [-0.2, -0.15) is 0 Å². The Balaban J connectivity index is 1.41. The van der Waals surface area contributed by atoms with Crippen LogP contribution in [0, 0.1) is 0 Å². The minimum absolute atomic E-state index is 0.107. The molecule has 0 atom stereocenters. The van der Waals surface area contributed by atoms with Crippen LogP contribution in [0.3, 0.4) is 0 Å². The summed E-state index contributed by atoms with van der Waals surface area (Å²) in [5, 5.41) is 0. The van der Waals surface area contributed by atoms with E-state index in [0.717, 1.165) is 26.2 Å². The molecule has 0 aromatic heterocycles. The number of hydrogen-bond donors (Lipinski definition) is 2. The number of nitrogens with zero attached hydrogens (tertiary/aromatic N) is 2. The van der Waals surface area contributed by atoms with Crippen molar-refractivity contribution in [3.63, 3.8) is 0 Å². The summed E-state index contributed by atoms with van der Waals surface area (Å²) in [6.45, 7) is 4.66. The lowest BCUT2D eigenvalue weighted by Gasteiger charge is -2.34. The third-order valence-corrected chi connectivity index (χ3v) is 9.15. The van der Waals surface area contributed by atoms with Crippen LogP contribution in [0.25, 0.3) is 0 Å². The van der Waals surface area contributed by atoms with Crippen LogP contribution in [0.15, 0.2) is 46.2 Å². The molecule has 0 aliphatic carbocycles. The summed E-state index contributed by atoms with van der Waals surface area (Å²) in [7, 11) is -1.50. The first-order chi connectivity index (χ1) is 18.1. The van der Waals surface area contributed by atoms with Crippen molar-refractivity contribution in [1.29, 1.82) is 0 Å². The average Bonchev–Trinajstić information content (AvgIpc) is 2.92. The standard InChI is InChI=1S/C24H36N4O8S2/c1-33-21-7-5-19(17-23(21)35-3)37(29,30)25-9-11-27-13-15-28(16-14-27)12-10-26-38(31,32)20-6-8-22(34-2)24(18-20)36-4/h5-8,17-18,25-26H,9-16H2,1-4H3. The molecule has 1 aliphatic rings. The summed E-state index contributed by atoms with van der Waals surface area (Å²) in [5.74, 6) is 1.60. The fourth-order valence-electron chi connectivity index (χ4n) is 4.05. The lowest BCUT2D eigenvalue weighted by Crippen LogP contribution is -2.49. The van der Waals surface area contributed by atoms with Crippen LogP contribution in [0.1, 0.15) is 0 Å². The molecule has 3 rings (SSSR count). The average molecular weight is 573 g/mol. The van der Waals surface area contributed by atoms with Crippen molar-refractivity contribution in [2.75, 3.05) is 80.8 Å². The van der Waals surface area contributed by atoms with E-state index in [9.17, 15) is 16.8 Å². The van der Waals surface area contributed by atoms with Crippen molar-refractivity contribution >= 4 is 20.0 Å². The van der Waals surface area contributed by atoms with Crippen molar-refractivity contribution in [3.8, 4) is 23.0 Å². The molecule has 0 spiro atoms. The first-order valence-corrected chi connectivity index (χ1v) is 15.0. The first kappa shape index (κ1) is 29.9. The Morgan fingerprint density at radius 3 is 1.26 bits per heavy atom. The highest BCUT2D eigenvalue weighted by Gasteiger charge is 2.21. The molecule has 2 aromatic carbocycles. The van der Waals surface area contributed by atoms with Gasteiger partial charge in [-0.25, -0.2) is 26.3 Å². The molecule has 2 N–H and O–H groups in total. The van der Waals surface area contributed by atoms with Crippen LogP contribution in [-0.2, 0) is 20.0 Å². The number of methoxy groups -OCH3 is 4. The predicted octanol–water partition coefficient (Wildman–Crippen LogP) is 0.595. The number of sulfonamides is 2. The zero-order chi connectivity index (χ0) is 27.8. The van der Waals surface area contributed by atoms with Gasteiger partial charge in [-0.05, 0) is 24.3 Å². The van der Waals surface area contributed by atoms with Crippen molar-refractivity contribution in [3.05, 3.63) is 36.4 Å². The van der Waals surface area contributed by atoms with Gasteiger partial charge in [-0.3, -0.25) is 9.80 Å². The molecule has 212 valence electrons. The fourth-order valence-corrected chi connectivity index (χ4v) is 6.12. The van der Waals surface area contributed by atoms with Crippen molar-refractivity contribution in [2.45, 2.75) is 9.79 Å². The third kappa shape index (κ3) is 7.71. The minimum Gasteiger partial charge on any atom is -0.493 e. The Morgan fingerprint density at radius 2 is 0.947 bits per heavy atom. The molecule has 0 unspecified atom stereocenters. The lowest BCUT2D eigenvalue weighted by molar-refractivity contribution is 0.136. The second kappa shape index (κ2) is 13.4. The van der Waals surface area contributed by atoms with Gasteiger partial charge >= 0.3 is 0 Å². The van der Waals surface area contributed by atoms with Crippen molar-refractivity contribution < 1.29 is 35.8 Å². The van der Waals surface area contributed by atoms with Gasteiger partial charge in [0.2, 0.25) is 20.0 Å². The number of benzene rings is 2. The Labute approximate surface area is 224 Å². The van der Waals surface area contributed by atoms with E-state index >= 15 is 0 Å². The Morgan fingerprint density at radius 1 is 0.605 bits per heavy atom. The van der Waals surface area contributed by atoms with E-state index in [-0.39, 0.29) is 22.9 Å². The maximum absolute atomic E-state index is 12.7. The summed E-state index contributed by atoms with van der Waals surface area (Å²) in [6, 6.07) is 8.92. The van der Waals surface area contributed by atoms with Gasteiger partial charge in [0.05, 0.1) is 38.2 Å². The number of piperazine rings is 1. The Bertz CT molecular complexity index is 1180. The van der Waals surface area contributed by atoms with Gasteiger partial charge in [0, 0.05) is 64.5 Å². The van der Waals surface area contributed by atoms with E-state index in [0.29, 0.717) is 36.1 Å². The van der Waals surface area contributed by atoms with Gasteiger partial charge in [-0.15, -0.1) is 0 Å². The SMILES string of the molecule is COc1ccc(S(=O)(=O)NCCN2CCN(CCNS(=O)(=O)c3ccc(OC)c(OC)c3)CC2)cc1OC. The van der Waals surface area contributed by atoms with Crippen LogP contribution in [0.2, 0.25) is 0 Å². The minimum atomic E-state index is -3.69.